The maximum absolute atomic E-state index is 7.43. The quantitative estimate of drug-likeness (QED) is 0.205. The van der Waals surface area contributed by atoms with Gasteiger partial charge in [-0.25, -0.2) is 15.0 Å². The molecule has 0 N–H and O–H groups in total. The van der Waals surface area contributed by atoms with Gasteiger partial charge < -0.3 is 9.47 Å². The Balaban J connectivity index is 1.03. The molecular formula is C59H61N3O2. The lowest BCUT2D eigenvalue weighted by Crippen LogP contribution is -2.57. The number of fused-ring (bicyclic) bond motifs is 3. The van der Waals surface area contributed by atoms with E-state index in [-0.39, 0.29) is 29.0 Å². The number of allylic oxidation sites excluding steroid dienone is 19. The van der Waals surface area contributed by atoms with Gasteiger partial charge in [-0.05, 0) is 142 Å². The maximum Gasteiger partial charge on any atom is 0.170 e. The number of hydrogen-bond acceptors (Lipinski definition) is 5. The fourth-order valence-electron chi connectivity index (χ4n) is 14.2. The molecule has 64 heavy (non-hydrogen) atoms. The average Bonchev–Trinajstić information content (AvgIpc) is 4.05. The first-order chi connectivity index (χ1) is 31.5. The summed E-state index contributed by atoms with van der Waals surface area (Å²) in [6.45, 7) is 4.57. The number of hydrogen-bond donors (Lipinski definition) is 0. The van der Waals surface area contributed by atoms with Crippen molar-refractivity contribution in [3.63, 3.8) is 0 Å². The molecular weight excluding hydrogens is 783 g/mol. The van der Waals surface area contributed by atoms with E-state index in [1.54, 1.807) is 0 Å². The molecule has 0 bridgehead atoms. The highest BCUT2D eigenvalue weighted by Crippen LogP contribution is 2.65. The van der Waals surface area contributed by atoms with E-state index in [0.717, 1.165) is 86.5 Å². The zero-order valence-electron chi connectivity index (χ0n) is 37.6. The van der Waals surface area contributed by atoms with Crippen molar-refractivity contribution >= 4 is 11.1 Å². The summed E-state index contributed by atoms with van der Waals surface area (Å²) in [5.41, 5.74) is 12.3. The largest absolute Gasteiger partial charge is 0.461 e. The molecule has 0 spiro atoms. The molecule has 2 aliphatic heterocycles. The van der Waals surface area contributed by atoms with Crippen LogP contribution in [0.3, 0.4) is 0 Å². The van der Waals surface area contributed by atoms with E-state index in [1.807, 2.05) is 0 Å². The van der Waals surface area contributed by atoms with Crippen molar-refractivity contribution in [3.8, 4) is 0 Å². The predicted octanol–water partition coefficient (Wildman–Crippen LogP) is 13.6. The van der Waals surface area contributed by atoms with Crippen LogP contribution in [0.25, 0.3) is 11.1 Å². The first-order valence-corrected chi connectivity index (χ1v) is 24.7. The molecule has 3 heterocycles. The van der Waals surface area contributed by atoms with Crippen LogP contribution < -0.4 is 0 Å². The van der Waals surface area contributed by atoms with E-state index in [0.29, 0.717) is 35.4 Å². The van der Waals surface area contributed by atoms with Gasteiger partial charge in [0.15, 0.2) is 11.6 Å². The van der Waals surface area contributed by atoms with Gasteiger partial charge in [0.05, 0.1) is 23.0 Å². The SMILES string of the molecule is CC1=C(c2nc(C3=C=CC=C4[C@@H]3OC3C=CCC[C@H]3C4(C3C=CC=CC3)C3C=CC=CC3)nc(C3CCC4=C3OC3=CCC(C)C=C3C4(c3ccccc3)C3CCCC3)n2)CCC=C1. The fraction of sp³-hybridized carbons (Fsp3) is 0.424. The van der Waals surface area contributed by atoms with Crippen LogP contribution in [0.15, 0.2) is 167 Å². The standard InChI is InChI=1S/C59H61N3O2/c1-38-33-36-52-50(37-38)59(43-26-13-14-27-43,42-24-10-5-11-25-42)49-35-34-46(54(49)64-52)57-61-55(44-28-15-12-19-39(44)2)60-56(62-57)45-29-18-31-48-53(45)63-51-32-17-16-30-47(51)58(48,40-20-6-3-7-21-40)41-22-8-4-9-23-41/h3-12,17-20,22,24-25,31-32,36-38,40-41,43,46-47,51,53H,13-16,21,23,26-28,30,33-35H2,1-2H3/t38?,40?,41?,46?,47-,51?,53-,58?,59?/m1/s1. The Labute approximate surface area is 380 Å². The maximum atomic E-state index is 7.43. The van der Waals surface area contributed by atoms with Gasteiger partial charge in [-0.15, -0.1) is 5.73 Å². The summed E-state index contributed by atoms with van der Waals surface area (Å²) >= 11 is 0. The molecule has 324 valence electrons. The first-order valence-electron chi connectivity index (χ1n) is 24.7. The highest BCUT2D eigenvalue weighted by molar-refractivity contribution is 5.73. The van der Waals surface area contributed by atoms with Crippen molar-refractivity contribution in [1.29, 1.82) is 0 Å². The second-order valence-electron chi connectivity index (χ2n) is 20.2. The van der Waals surface area contributed by atoms with Gasteiger partial charge in [0.2, 0.25) is 0 Å². The molecule has 8 atom stereocenters. The van der Waals surface area contributed by atoms with Gasteiger partial charge in [-0.2, -0.15) is 0 Å². The van der Waals surface area contributed by atoms with Crippen LogP contribution >= 0.6 is 0 Å². The Bertz CT molecular complexity index is 2630. The Morgan fingerprint density at radius 1 is 0.781 bits per heavy atom. The minimum atomic E-state index is -0.337. The number of nitrogens with zero attached hydrogens (tertiary/aromatic N) is 3. The van der Waals surface area contributed by atoms with Crippen molar-refractivity contribution in [2.45, 2.75) is 121 Å². The molecule has 12 rings (SSSR count). The van der Waals surface area contributed by atoms with Crippen LogP contribution in [-0.2, 0) is 14.9 Å². The summed E-state index contributed by atoms with van der Waals surface area (Å²) in [6, 6.07) is 11.4. The third-order valence-electron chi connectivity index (χ3n) is 16.9. The minimum Gasteiger partial charge on any atom is -0.461 e. The summed E-state index contributed by atoms with van der Waals surface area (Å²) in [7, 11) is 0. The predicted molar refractivity (Wildman–Crippen MR) is 256 cm³/mol. The summed E-state index contributed by atoms with van der Waals surface area (Å²) in [6.07, 6.45) is 51.0. The fourth-order valence-corrected chi connectivity index (χ4v) is 14.2. The highest BCUT2D eigenvalue weighted by atomic mass is 16.5. The number of ether oxygens (including phenoxy) is 2. The third-order valence-corrected chi connectivity index (χ3v) is 16.9. The zero-order chi connectivity index (χ0) is 42.8. The lowest BCUT2D eigenvalue weighted by Gasteiger charge is -2.59. The second-order valence-corrected chi connectivity index (χ2v) is 20.2. The molecule has 1 saturated heterocycles. The molecule has 5 nitrogen and oxygen atoms in total. The molecule has 6 unspecified atom stereocenters. The van der Waals surface area contributed by atoms with Gasteiger partial charge in [-0.1, -0.05) is 135 Å². The van der Waals surface area contributed by atoms with Gasteiger partial charge in [0, 0.05) is 16.6 Å². The van der Waals surface area contributed by atoms with Crippen LogP contribution in [0.1, 0.15) is 126 Å². The lowest BCUT2D eigenvalue weighted by atomic mass is 9.48. The zero-order valence-corrected chi connectivity index (χ0v) is 37.6. The van der Waals surface area contributed by atoms with Crippen LogP contribution in [0.5, 0.6) is 0 Å². The van der Waals surface area contributed by atoms with Gasteiger partial charge in [0.25, 0.3) is 0 Å². The lowest BCUT2D eigenvalue weighted by molar-refractivity contribution is -0.100. The molecule has 8 aliphatic carbocycles. The molecule has 1 saturated carbocycles. The normalized spacial score (nSPS) is 35.0. The van der Waals surface area contributed by atoms with E-state index in [2.05, 4.69) is 147 Å². The smallest absolute Gasteiger partial charge is 0.170 e. The molecule has 10 aliphatic rings. The molecule has 0 radical (unpaired) electrons. The molecule has 1 aromatic carbocycles. The summed E-state index contributed by atoms with van der Waals surface area (Å²) in [5.74, 6) is 6.32. The van der Waals surface area contributed by atoms with E-state index < -0.39 is 0 Å². The Kier molecular flexibility index (Phi) is 10.2. The van der Waals surface area contributed by atoms with E-state index >= 15 is 0 Å². The Morgan fingerprint density at radius 3 is 2.34 bits per heavy atom. The summed E-state index contributed by atoms with van der Waals surface area (Å²) < 4.78 is 14.7. The van der Waals surface area contributed by atoms with Crippen LogP contribution in [-0.4, -0.2) is 27.2 Å². The van der Waals surface area contributed by atoms with Crippen LogP contribution in [0.4, 0.5) is 0 Å². The minimum absolute atomic E-state index is 0.0211. The highest BCUT2D eigenvalue weighted by Gasteiger charge is 2.60. The van der Waals surface area contributed by atoms with E-state index in [9.17, 15) is 0 Å². The topological polar surface area (TPSA) is 57.1 Å². The van der Waals surface area contributed by atoms with Gasteiger partial charge in [-0.3, -0.25) is 0 Å². The summed E-state index contributed by atoms with van der Waals surface area (Å²) in [5, 5.41) is 0. The van der Waals surface area contributed by atoms with Crippen LogP contribution in [0.2, 0.25) is 0 Å². The van der Waals surface area contributed by atoms with Crippen molar-refractivity contribution in [1.82, 2.24) is 15.0 Å². The Morgan fingerprint density at radius 2 is 1.58 bits per heavy atom. The van der Waals surface area contributed by atoms with Crippen molar-refractivity contribution < 1.29 is 9.47 Å². The molecule has 2 fully saturated rings. The number of aromatic nitrogens is 3. The van der Waals surface area contributed by atoms with Gasteiger partial charge in [0.1, 0.15) is 23.4 Å². The first kappa shape index (κ1) is 40.2. The average molecular weight is 844 g/mol. The molecule has 2 aromatic rings. The number of rotatable bonds is 7. The second kappa shape index (κ2) is 16.3. The molecule has 0 amide bonds. The van der Waals surface area contributed by atoms with E-state index in [4.69, 9.17) is 24.4 Å². The van der Waals surface area contributed by atoms with Crippen molar-refractivity contribution in [3.05, 3.63) is 190 Å². The van der Waals surface area contributed by atoms with Gasteiger partial charge >= 0.3 is 0 Å². The Hall–Kier alpha value is -5.35. The molecule has 1 aromatic heterocycles. The van der Waals surface area contributed by atoms with E-state index in [1.165, 1.54) is 59.1 Å². The summed E-state index contributed by atoms with van der Waals surface area (Å²) in [4.78, 5) is 16.7. The monoisotopic (exact) mass is 843 g/mol. The van der Waals surface area contributed by atoms with Crippen molar-refractivity contribution in [2.75, 3.05) is 0 Å². The number of benzene rings is 1. The van der Waals surface area contributed by atoms with Crippen molar-refractivity contribution in [2.24, 2.45) is 35.0 Å². The third kappa shape index (κ3) is 6.24. The molecule has 5 heteroatoms. The van der Waals surface area contributed by atoms with Crippen LogP contribution in [0, 0.1) is 35.0 Å².